The van der Waals surface area contributed by atoms with Gasteiger partial charge in [-0.25, -0.2) is 0 Å². The molecule has 3 aliphatic rings. The van der Waals surface area contributed by atoms with E-state index in [4.69, 9.17) is 4.43 Å². The van der Waals surface area contributed by atoms with Gasteiger partial charge in [0.25, 0.3) is 0 Å². The average Bonchev–Trinajstić information content (AvgIpc) is 2.27. The highest BCUT2D eigenvalue weighted by Gasteiger charge is 2.50. The van der Waals surface area contributed by atoms with Crippen LogP contribution < -0.4 is 0 Å². The van der Waals surface area contributed by atoms with Gasteiger partial charge in [0.2, 0.25) is 0 Å². The minimum atomic E-state index is -1.56. The fourth-order valence-electron chi connectivity index (χ4n) is 3.40. The molecule has 0 heterocycles. The second-order valence-electron chi connectivity index (χ2n) is 8.68. The predicted octanol–water partition coefficient (Wildman–Crippen LogP) is 5.39. The SMILES string of the molecule is CC1(C)C2CC=C(CCO[Si](C)(C)C(C)(C)C)C1C2. The molecule has 110 valence electrons. The highest BCUT2D eigenvalue weighted by Crippen LogP contribution is 2.59. The summed E-state index contributed by atoms with van der Waals surface area (Å²) in [4.78, 5) is 0. The summed E-state index contributed by atoms with van der Waals surface area (Å²) in [7, 11) is -1.56. The summed E-state index contributed by atoms with van der Waals surface area (Å²) in [5, 5.41) is 0.328. The van der Waals surface area contributed by atoms with Gasteiger partial charge in [0, 0.05) is 6.61 Å². The van der Waals surface area contributed by atoms with Crippen LogP contribution in [0.2, 0.25) is 18.1 Å². The Balaban J connectivity index is 1.86. The van der Waals surface area contributed by atoms with Crippen LogP contribution in [0.3, 0.4) is 0 Å². The van der Waals surface area contributed by atoms with Crippen LogP contribution in [0.1, 0.15) is 53.9 Å². The zero-order valence-corrected chi connectivity index (χ0v) is 15.0. The highest BCUT2D eigenvalue weighted by atomic mass is 28.4. The smallest absolute Gasteiger partial charge is 0.191 e. The van der Waals surface area contributed by atoms with Crippen LogP contribution in [0.25, 0.3) is 0 Å². The van der Waals surface area contributed by atoms with Crippen LogP contribution >= 0.6 is 0 Å². The van der Waals surface area contributed by atoms with Gasteiger partial charge >= 0.3 is 0 Å². The second-order valence-corrected chi connectivity index (χ2v) is 13.5. The standard InChI is InChI=1S/C17H32OSi/c1-16(2,3)19(6,7)18-11-10-13-8-9-14-12-15(13)17(14,4)5/h8,14-15H,9-12H2,1-7H3. The average molecular weight is 281 g/mol. The van der Waals surface area contributed by atoms with Gasteiger partial charge in [0.1, 0.15) is 0 Å². The molecule has 1 saturated carbocycles. The van der Waals surface area contributed by atoms with Crippen LogP contribution in [0.5, 0.6) is 0 Å². The van der Waals surface area contributed by atoms with E-state index in [1.165, 1.54) is 12.8 Å². The quantitative estimate of drug-likeness (QED) is 0.495. The second kappa shape index (κ2) is 4.73. The first-order chi connectivity index (χ1) is 8.56. The van der Waals surface area contributed by atoms with Crippen molar-refractivity contribution in [2.45, 2.75) is 72.0 Å². The summed E-state index contributed by atoms with van der Waals surface area (Å²) in [5.41, 5.74) is 2.24. The van der Waals surface area contributed by atoms with Crippen molar-refractivity contribution in [2.75, 3.05) is 6.61 Å². The lowest BCUT2D eigenvalue weighted by molar-refractivity contribution is -0.00930. The van der Waals surface area contributed by atoms with Crippen molar-refractivity contribution >= 4 is 8.32 Å². The lowest BCUT2D eigenvalue weighted by atomic mass is 9.48. The first-order valence-electron chi connectivity index (χ1n) is 7.88. The predicted molar refractivity (Wildman–Crippen MR) is 85.8 cm³/mol. The third-order valence-corrected chi connectivity index (χ3v) is 10.8. The molecule has 2 heteroatoms. The van der Waals surface area contributed by atoms with Crippen molar-refractivity contribution in [2.24, 2.45) is 17.3 Å². The monoisotopic (exact) mass is 280 g/mol. The Hall–Kier alpha value is -0.0831. The van der Waals surface area contributed by atoms with E-state index in [0.29, 0.717) is 10.5 Å². The molecule has 0 aromatic carbocycles. The molecular formula is C17H32OSi. The molecule has 0 aliphatic heterocycles. The molecule has 0 spiro atoms. The summed E-state index contributed by atoms with van der Waals surface area (Å²) in [6.45, 7) is 17.5. The van der Waals surface area contributed by atoms with Gasteiger partial charge in [-0.05, 0) is 54.6 Å². The molecule has 0 radical (unpaired) electrons. The van der Waals surface area contributed by atoms with E-state index in [1.54, 1.807) is 5.57 Å². The van der Waals surface area contributed by atoms with Crippen LogP contribution in [0.4, 0.5) is 0 Å². The normalized spacial score (nSPS) is 29.7. The molecule has 3 aliphatic carbocycles. The molecule has 2 unspecified atom stereocenters. The van der Waals surface area contributed by atoms with Crippen LogP contribution in [-0.4, -0.2) is 14.9 Å². The van der Waals surface area contributed by atoms with Gasteiger partial charge < -0.3 is 4.43 Å². The molecule has 3 rings (SSSR count). The topological polar surface area (TPSA) is 9.23 Å². The van der Waals surface area contributed by atoms with Crippen LogP contribution in [0, 0.1) is 17.3 Å². The number of allylic oxidation sites excluding steroid dienone is 1. The molecule has 0 saturated heterocycles. The third-order valence-electron chi connectivity index (χ3n) is 6.24. The van der Waals surface area contributed by atoms with Crippen molar-refractivity contribution in [1.29, 1.82) is 0 Å². The summed E-state index contributed by atoms with van der Waals surface area (Å²) in [6, 6.07) is 0. The zero-order chi connectivity index (χ0) is 14.5. The minimum Gasteiger partial charge on any atom is -0.417 e. The van der Waals surface area contributed by atoms with Gasteiger partial charge in [0.15, 0.2) is 8.32 Å². The molecule has 1 fully saturated rings. The Morgan fingerprint density at radius 2 is 1.95 bits per heavy atom. The van der Waals surface area contributed by atoms with E-state index in [9.17, 15) is 0 Å². The maximum Gasteiger partial charge on any atom is 0.191 e. The Bertz CT molecular complexity index is 373. The summed E-state index contributed by atoms with van der Waals surface area (Å²) >= 11 is 0. The maximum absolute atomic E-state index is 6.33. The lowest BCUT2D eigenvalue weighted by Gasteiger charge is -2.56. The van der Waals surface area contributed by atoms with Crippen molar-refractivity contribution in [1.82, 2.24) is 0 Å². The fourth-order valence-corrected chi connectivity index (χ4v) is 4.44. The molecule has 0 N–H and O–H groups in total. The van der Waals surface area contributed by atoms with E-state index in [0.717, 1.165) is 24.9 Å². The molecule has 2 bridgehead atoms. The number of rotatable bonds is 4. The molecule has 0 aromatic rings. The Morgan fingerprint density at radius 1 is 1.32 bits per heavy atom. The number of fused-ring (bicyclic) bond motifs is 1. The van der Waals surface area contributed by atoms with Crippen molar-refractivity contribution in [3.63, 3.8) is 0 Å². The number of hydrogen-bond acceptors (Lipinski definition) is 1. The van der Waals surface area contributed by atoms with E-state index in [-0.39, 0.29) is 0 Å². The number of hydrogen-bond donors (Lipinski definition) is 0. The van der Waals surface area contributed by atoms with E-state index in [2.05, 4.69) is 53.8 Å². The van der Waals surface area contributed by atoms with Crippen LogP contribution in [0.15, 0.2) is 11.6 Å². The van der Waals surface area contributed by atoms with E-state index < -0.39 is 8.32 Å². The van der Waals surface area contributed by atoms with Crippen molar-refractivity contribution in [3.05, 3.63) is 11.6 Å². The first kappa shape index (κ1) is 15.3. The molecule has 1 nitrogen and oxygen atoms in total. The van der Waals surface area contributed by atoms with Gasteiger partial charge in [0.05, 0.1) is 0 Å². The summed E-state index contributed by atoms with van der Waals surface area (Å²) < 4.78 is 6.33. The summed E-state index contributed by atoms with van der Waals surface area (Å²) in [5.74, 6) is 1.79. The molecule has 2 atom stereocenters. The lowest BCUT2D eigenvalue weighted by Crippen LogP contribution is -2.48. The molecule has 19 heavy (non-hydrogen) atoms. The van der Waals surface area contributed by atoms with Gasteiger partial charge in [-0.2, -0.15) is 0 Å². The fraction of sp³-hybridized carbons (Fsp3) is 0.882. The Kier molecular flexibility index (Phi) is 3.81. The highest BCUT2D eigenvalue weighted by molar-refractivity contribution is 6.74. The molecular weight excluding hydrogens is 248 g/mol. The first-order valence-corrected chi connectivity index (χ1v) is 10.8. The van der Waals surface area contributed by atoms with E-state index in [1.807, 2.05) is 0 Å². The maximum atomic E-state index is 6.33. The summed E-state index contributed by atoms with van der Waals surface area (Å²) in [6.07, 6.45) is 6.41. The van der Waals surface area contributed by atoms with Crippen molar-refractivity contribution < 1.29 is 4.43 Å². The van der Waals surface area contributed by atoms with Gasteiger partial charge in [-0.1, -0.05) is 46.3 Å². The Morgan fingerprint density at radius 3 is 2.42 bits per heavy atom. The zero-order valence-electron chi connectivity index (χ0n) is 14.0. The molecule has 0 amide bonds. The minimum absolute atomic E-state index is 0.328. The van der Waals surface area contributed by atoms with Gasteiger partial charge in [-0.3, -0.25) is 0 Å². The third kappa shape index (κ3) is 2.71. The van der Waals surface area contributed by atoms with E-state index >= 15 is 0 Å². The van der Waals surface area contributed by atoms with Gasteiger partial charge in [-0.15, -0.1) is 0 Å². The largest absolute Gasteiger partial charge is 0.417 e. The molecule has 0 aromatic heterocycles. The van der Waals surface area contributed by atoms with Crippen molar-refractivity contribution in [3.8, 4) is 0 Å². The Labute approximate surface area is 120 Å². The van der Waals surface area contributed by atoms with Crippen LogP contribution in [-0.2, 0) is 4.43 Å².